The van der Waals surface area contributed by atoms with Crippen molar-refractivity contribution in [2.75, 3.05) is 0 Å². The first-order valence-electron chi connectivity index (χ1n) is 10.4. The summed E-state index contributed by atoms with van der Waals surface area (Å²) in [6.45, 7) is 0.148. The minimum Gasteiger partial charge on any atom is -0.503 e. The minimum atomic E-state index is -0.947. The second-order valence-electron chi connectivity index (χ2n) is 8.49. The molecule has 1 aromatic carbocycles. The van der Waals surface area contributed by atoms with Crippen LogP contribution in [0.2, 0.25) is 0 Å². The Kier molecular flexibility index (Phi) is 4.56. The molecule has 2 N–H and O–H groups in total. The fourth-order valence-corrected chi connectivity index (χ4v) is 5.26. The molecule has 1 atom stereocenters. The number of carbonyl (C=O) groups is 2. The number of aromatic hydroxyl groups is 1. The lowest BCUT2D eigenvalue weighted by atomic mass is 9.73. The van der Waals surface area contributed by atoms with Crippen LogP contribution in [0, 0.1) is 17.6 Å². The van der Waals surface area contributed by atoms with Gasteiger partial charge in [-0.3, -0.25) is 14.4 Å². The zero-order chi connectivity index (χ0) is 21.9. The van der Waals surface area contributed by atoms with Gasteiger partial charge in [-0.25, -0.2) is 8.78 Å². The Labute approximate surface area is 176 Å². The smallest absolute Gasteiger partial charge is 0.275 e. The van der Waals surface area contributed by atoms with Crippen LogP contribution in [0.4, 0.5) is 8.78 Å². The van der Waals surface area contributed by atoms with Crippen LogP contribution >= 0.6 is 0 Å². The van der Waals surface area contributed by atoms with Gasteiger partial charge in [-0.05, 0) is 37.7 Å². The third kappa shape index (κ3) is 3.10. The largest absolute Gasteiger partial charge is 0.503 e. The maximum absolute atomic E-state index is 13.8. The van der Waals surface area contributed by atoms with Gasteiger partial charge in [0, 0.05) is 37.0 Å². The van der Waals surface area contributed by atoms with Crippen molar-refractivity contribution in [1.82, 2.24) is 14.8 Å². The summed E-state index contributed by atoms with van der Waals surface area (Å²) in [6.07, 6.45) is 5.23. The molecule has 4 heterocycles. The van der Waals surface area contributed by atoms with Crippen LogP contribution in [-0.2, 0) is 13.1 Å². The summed E-state index contributed by atoms with van der Waals surface area (Å²) in [5.74, 6) is -3.11. The van der Waals surface area contributed by atoms with E-state index in [0.29, 0.717) is 18.5 Å². The molecule has 3 fully saturated rings. The highest BCUT2D eigenvalue weighted by Gasteiger charge is 2.48. The van der Waals surface area contributed by atoms with Gasteiger partial charge < -0.3 is 19.9 Å². The van der Waals surface area contributed by atoms with Crippen molar-refractivity contribution >= 4 is 11.8 Å². The molecule has 1 aromatic heterocycles. The lowest BCUT2D eigenvalue weighted by molar-refractivity contribution is -0.0181. The van der Waals surface area contributed by atoms with Crippen LogP contribution in [0.5, 0.6) is 5.75 Å². The molecule has 2 bridgehead atoms. The van der Waals surface area contributed by atoms with Gasteiger partial charge in [0.05, 0.1) is 6.04 Å². The molecule has 2 aromatic rings. The van der Waals surface area contributed by atoms with Gasteiger partial charge in [0.2, 0.25) is 5.43 Å². The number of nitrogens with zero attached hydrogens (tertiary/aromatic N) is 2. The summed E-state index contributed by atoms with van der Waals surface area (Å²) < 4.78 is 28.3. The van der Waals surface area contributed by atoms with E-state index in [4.69, 9.17) is 0 Å². The number of hydrogen-bond acceptors (Lipinski definition) is 4. The fraction of sp³-hybridized carbons (Fsp3) is 0.409. The van der Waals surface area contributed by atoms with Crippen LogP contribution < -0.4 is 10.7 Å². The average Bonchev–Trinajstić information content (AvgIpc) is 2.76. The first kappa shape index (κ1) is 19.7. The van der Waals surface area contributed by atoms with Crippen LogP contribution in [0.3, 0.4) is 0 Å². The van der Waals surface area contributed by atoms with Gasteiger partial charge in [0.15, 0.2) is 11.4 Å². The highest BCUT2D eigenvalue weighted by atomic mass is 19.1. The number of amides is 2. The maximum atomic E-state index is 13.8. The van der Waals surface area contributed by atoms with Crippen molar-refractivity contribution in [3.8, 4) is 5.75 Å². The van der Waals surface area contributed by atoms with Crippen LogP contribution in [-0.4, -0.2) is 38.5 Å². The number of benzene rings is 1. The molecule has 2 saturated heterocycles. The Morgan fingerprint density at radius 3 is 2.61 bits per heavy atom. The van der Waals surface area contributed by atoms with E-state index in [1.165, 1.54) is 16.8 Å². The highest BCUT2D eigenvalue weighted by molar-refractivity contribution is 5.99. The minimum absolute atomic E-state index is 0.0152. The number of carbonyl (C=O) groups excluding carboxylic acids is 2. The van der Waals surface area contributed by atoms with Gasteiger partial charge >= 0.3 is 0 Å². The highest BCUT2D eigenvalue weighted by Crippen LogP contribution is 2.43. The molecule has 3 aliphatic heterocycles. The van der Waals surface area contributed by atoms with Crippen LogP contribution in [0.15, 0.2) is 29.2 Å². The maximum Gasteiger partial charge on any atom is 0.275 e. The monoisotopic (exact) mass is 429 g/mol. The van der Waals surface area contributed by atoms with Crippen molar-refractivity contribution in [1.29, 1.82) is 0 Å². The summed E-state index contributed by atoms with van der Waals surface area (Å²) in [5.41, 5.74) is -1.31. The predicted octanol–water partition coefficient (Wildman–Crippen LogP) is 2.16. The predicted molar refractivity (Wildman–Crippen MR) is 106 cm³/mol. The Hall–Kier alpha value is -3.23. The van der Waals surface area contributed by atoms with E-state index in [-0.39, 0.29) is 41.4 Å². The van der Waals surface area contributed by atoms with Gasteiger partial charge in [-0.1, -0.05) is 6.07 Å². The van der Waals surface area contributed by atoms with Crippen molar-refractivity contribution in [3.05, 3.63) is 63.1 Å². The third-order valence-electron chi connectivity index (χ3n) is 6.81. The van der Waals surface area contributed by atoms with Crippen molar-refractivity contribution in [3.63, 3.8) is 0 Å². The number of halogens is 2. The molecule has 4 aliphatic rings. The average molecular weight is 429 g/mol. The first-order valence-corrected chi connectivity index (χ1v) is 10.4. The molecular formula is C22H21F2N3O4. The summed E-state index contributed by atoms with van der Waals surface area (Å²) in [7, 11) is 0. The SMILES string of the molecule is O=C(NCc1ccc(F)cc1F)c1cn2c(c(O)c1=O)C(=O)N1C3CCC(CC3)C1C2. The standard InChI is InChI=1S/C22H21F2N3O4/c23-13-4-1-12(16(24)7-13)8-25-21(30)15-9-26-10-17-11-2-5-14(6-3-11)27(17)22(31)18(26)20(29)19(15)28/h1,4,7,9,11,14,17,29H,2-3,5-6,8,10H2,(H,25,30). The molecule has 7 nitrogen and oxygen atoms in total. The number of fused-ring (bicyclic) bond motifs is 3. The molecule has 1 unspecified atom stereocenters. The normalized spacial score (nSPS) is 24.0. The molecule has 6 rings (SSSR count). The molecule has 162 valence electrons. The number of nitrogens with one attached hydrogen (secondary N) is 1. The number of piperidine rings is 2. The van der Waals surface area contributed by atoms with Gasteiger partial charge in [0.25, 0.3) is 11.8 Å². The zero-order valence-corrected chi connectivity index (χ0v) is 16.6. The summed E-state index contributed by atoms with van der Waals surface area (Å²) >= 11 is 0. The Morgan fingerprint density at radius 1 is 1.16 bits per heavy atom. The fourth-order valence-electron chi connectivity index (χ4n) is 5.26. The number of rotatable bonds is 3. The third-order valence-corrected chi connectivity index (χ3v) is 6.81. The summed E-state index contributed by atoms with van der Waals surface area (Å²) in [4.78, 5) is 40.2. The Bertz CT molecular complexity index is 1150. The van der Waals surface area contributed by atoms with E-state index < -0.39 is 28.7 Å². The topological polar surface area (TPSA) is 91.6 Å². The molecule has 31 heavy (non-hydrogen) atoms. The van der Waals surface area contributed by atoms with E-state index in [9.17, 15) is 28.3 Å². The van der Waals surface area contributed by atoms with E-state index in [2.05, 4.69) is 5.32 Å². The second-order valence-corrected chi connectivity index (χ2v) is 8.49. The van der Waals surface area contributed by atoms with E-state index in [1.54, 1.807) is 0 Å². The van der Waals surface area contributed by atoms with Gasteiger partial charge in [-0.2, -0.15) is 0 Å². The molecule has 9 heteroatoms. The Morgan fingerprint density at radius 2 is 1.90 bits per heavy atom. The first-order chi connectivity index (χ1) is 14.8. The Balaban J connectivity index is 1.44. The van der Waals surface area contributed by atoms with Crippen molar-refractivity contribution < 1.29 is 23.5 Å². The van der Waals surface area contributed by atoms with Crippen molar-refractivity contribution in [2.45, 2.75) is 50.9 Å². The van der Waals surface area contributed by atoms with E-state index >= 15 is 0 Å². The number of hydrogen-bond donors (Lipinski definition) is 2. The van der Waals surface area contributed by atoms with E-state index in [0.717, 1.165) is 31.7 Å². The molecule has 0 radical (unpaired) electrons. The van der Waals surface area contributed by atoms with Crippen molar-refractivity contribution in [2.24, 2.45) is 5.92 Å². The number of aromatic nitrogens is 1. The lowest BCUT2D eigenvalue weighted by Crippen LogP contribution is -2.61. The molecule has 1 saturated carbocycles. The van der Waals surface area contributed by atoms with Crippen LogP contribution in [0.25, 0.3) is 0 Å². The molecule has 0 spiro atoms. The quantitative estimate of drug-likeness (QED) is 0.782. The van der Waals surface area contributed by atoms with Gasteiger partial charge in [-0.15, -0.1) is 0 Å². The van der Waals surface area contributed by atoms with E-state index in [1.807, 2.05) is 4.90 Å². The zero-order valence-electron chi connectivity index (χ0n) is 16.6. The second kappa shape index (κ2) is 7.18. The molecule has 2 amide bonds. The summed E-state index contributed by atoms with van der Waals surface area (Å²) in [6, 6.07) is 3.08. The number of pyridine rings is 1. The summed E-state index contributed by atoms with van der Waals surface area (Å²) in [5, 5.41) is 12.9. The lowest BCUT2D eigenvalue weighted by Gasteiger charge is -2.53. The van der Waals surface area contributed by atoms with Crippen LogP contribution in [0.1, 0.15) is 52.1 Å². The molecule has 1 aliphatic carbocycles. The van der Waals surface area contributed by atoms with Gasteiger partial charge in [0.1, 0.15) is 17.2 Å². The molecular weight excluding hydrogens is 408 g/mol.